The Labute approximate surface area is 121 Å². The first-order chi connectivity index (χ1) is 9.79. The van der Waals surface area contributed by atoms with Crippen LogP contribution in [0.25, 0.3) is 0 Å². The van der Waals surface area contributed by atoms with Gasteiger partial charge in [0, 0.05) is 12.1 Å². The highest BCUT2D eigenvalue weighted by Gasteiger charge is 2.19. The molecule has 1 saturated carbocycles. The summed E-state index contributed by atoms with van der Waals surface area (Å²) in [5.41, 5.74) is 1.17. The van der Waals surface area contributed by atoms with Crippen LogP contribution in [0.15, 0.2) is 36.9 Å². The predicted molar refractivity (Wildman–Crippen MR) is 81.8 cm³/mol. The number of ether oxygens (including phenoxy) is 1. The molecule has 110 valence electrons. The van der Waals surface area contributed by atoms with E-state index in [1.165, 1.54) is 12.0 Å². The van der Waals surface area contributed by atoms with Crippen LogP contribution < -0.4 is 10.1 Å². The van der Waals surface area contributed by atoms with Gasteiger partial charge >= 0.3 is 0 Å². The molecule has 0 saturated heterocycles. The second-order valence-electron chi connectivity index (χ2n) is 5.52. The van der Waals surface area contributed by atoms with E-state index < -0.39 is 0 Å². The average molecular weight is 275 g/mol. The SMILES string of the molecule is C=CCOc1ccccc1CNCC1CCCC(O)C1. The molecule has 2 rings (SSSR count). The van der Waals surface area contributed by atoms with Crippen molar-refractivity contribution in [2.24, 2.45) is 5.92 Å². The molecule has 2 unspecified atom stereocenters. The lowest BCUT2D eigenvalue weighted by molar-refractivity contribution is 0.101. The van der Waals surface area contributed by atoms with Crippen molar-refractivity contribution in [1.82, 2.24) is 5.32 Å². The molecular weight excluding hydrogens is 250 g/mol. The van der Waals surface area contributed by atoms with Gasteiger partial charge in [0.25, 0.3) is 0 Å². The molecule has 0 aromatic heterocycles. The van der Waals surface area contributed by atoms with Crippen molar-refractivity contribution in [3.8, 4) is 5.75 Å². The highest BCUT2D eigenvalue weighted by atomic mass is 16.5. The Balaban J connectivity index is 1.79. The third kappa shape index (κ3) is 4.66. The lowest BCUT2D eigenvalue weighted by Gasteiger charge is -2.26. The number of para-hydroxylation sites is 1. The van der Waals surface area contributed by atoms with Gasteiger partial charge in [-0.1, -0.05) is 37.3 Å². The van der Waals surface area contributed by atoms with Gasteiger partial charge in [-0.2, -0.15) is 0 Å². The molecule has 1 fully saturated rings. The standard InChI is InChI=1S/C17H25NO2/c1-2-10-20-17-9-4-3-7-15(17)13-18-12-14-6-5-8-16(19)11-14/h2-4,7,9,14,16,18-19H,1,5-6,8,10-13H2. The molecule has 20 heavy (non-hydrogen) atoms. The first kappa shape index (κ1) is 15.1. The summed E-state index contributed by atoms with van der Waals surface area (Å²) < 4.78 is 5.65. The number of aliphatic hydroxyl groups is 1. The molecule has 3 nitrogen and oxygen atoms in total. The highest BCUT2D eigenvalue weighted by molar-refractivity contribution is 5.33. The molecule has 1 aliphatic rings. The molecule has 0 aliphatic heterocycles. The molecular formula is C17H25NO2. The van der Waals surface area contributed by atoms with Crippen molar-refractivity contribution in [2.75, 3.05) is 13.2 Å². The van der Waals surface area contributed by atoms with Crippen LogP contribution in [-0.4, -0.2) is 24.4 Å². The maximum atomic E-state index is 9.68. The fourth-order valence-electron chi connectivity index (χ4n) is 2.80. The topological polar surface area (TPSA) is 41.5 Å². The van der Waals surface area contributed by atoms with E-state index in [4.69, 9.17) is 4.74 Å². The Morgan fingerprint density at radius 3 is 3.00 bits per heavy atom. The van der Waals surface area contributed by atoms with Gasteiger partial charge in [-0.3, -0.25) is 0 Å². The predicted octanol–water partition coefficient (Wildman–Crippen LogP) is 2.89. The Morgan fingerprint density at radius 1 is 1.35 bits per heavy atom. The first-order valence-electron chi connectivity index (χ1n) is 7.50. The normalized spacial score (nSPS) is 22.4. The van der Waals surface area contributed by atoms with E-state index in [1.54, 1.807) is 6.08 Å². The van der Waals surface area contributed by atoms with E-state index in [-0.39, 0.29) is 6.10 Å². The summed E-state index contributed by atoms with van der Waals surface area (Å²) in [4.78, 5) is 0. The molecule has 1 aromatic carbocycles. The zero-order chi connectivity index (χ0) is 14.2. The number of benzene rings is 1. The van der Waals surface area contributed by atoms with Crippen molar-refractivity contribution in [3.63, 3.8) is 0 Å². The maximum Gasteiger partial charge on any atom is 0.124 e. The first-order valence-corrected chi connectivity index (χ1v) is 7.50. The van der Waals surface area contributed by atoms with Gasteiger partial charge in [0.15, 0.2) is 0 Å². The Hall–Kier alpha value is -1.32. The molecule has 0 spiro atoms. The zero-order valence-corrected chi connectivity index (χ0v) is 12.1. The van der Waals surface area contributed by atoms with Gasteiger partial charge in [-0.15, -0.1) is 0 Å². The van der Waals surface area contributed by atoms with Gasteiger partial charge < -0.3 is 15.2 Å². The van der Waals surface area contributed by atoms with E-state index in [2.05, 4.69) is 18.0 Å². The van der Waals surface area contributed by atoms with E-state index >= 15 is 0 Å². The average Bonchev–Trinajstić information content (AvgIpc) is 2.46. The third-order valence-electron chi connectivity index (χ3n) is 3.83. The van der Waals surface area contributed by atoms with Crippen molar-refractivity contribution in [3.05, 3.63) is 42.5 Å². The van der Waals surface area contributed by atoms with Crippen LogP contribution >= 0.6 is 0 Å². The summed E-state index contributed by atoms with van der Waals surface area (Å²) >= 11 is 0. The monoisotopic (exact) mass is 275 g/mol. The molecule has 2 atom stereocenters. The Kier molecular flexibility index (Phi) is 6.09. The van der Waals surface area contributed by atoms with Crippen LogP contribution in [0.2, 0.25) is 0 Å². The largest absolute Gasteiger partial charge is 0.489 e. The van der Waals surface area contributed by atoms with Crippen LogP contribution in [0.3, 0.4) is 0 Å². The van der Waals surface area contributed by atoms with Crippen molar-refractivity contribution >= 4 is 0 Å². The van der Waals surface area contributed by atoms with Gasteiger partial charge in [0.1, 0.15) is 12.4 Å². The smallest absolute Gasteiger partial charge is 0.124 e. The molecule has 0 radical (unpaired) electrons. The number of hydrogen-bond acceptors (Lipinski definition) is 3. The van der Waals surface area contributed by atoms with E-state index in [0.717, 1.165) is 38.1 Å². The summed E-state index contributed by atoms with van der Waals surface area (Å²) in [7, 11) is 0. The van der Waals surface area contributed by atoms with Crippen LogP contribution in [0.4, 0.5) is 0 Å². The summed E-state index contributed by atoms with van der Waals surface area (Å²) in [5, 5.41) is 13.2. The summed E-state index contributed by atoms with van der Waals surface area (Å²) in [6.07, 6.45) is 5.92. The van der Waals surface area contributed by atoms with Gasteiger partial charge in [-0.25, -0.2) is 0 Å². The molecule has 1 aliphatic carbocycles. The molecule has 0 bridgehead atoms. The van der Waals surface area contributed by atoms with Crippen LogP contribution in [0.5, 0.6) is 5.75 Å². The van der Waals surface area contributed by atoms with E-state index in [1.807, 2.05) is 18.2 Å². The van der Waals surface area contributed by atoms with Crippen molar-refractivity contribution < 1.29 is 9.84 Å². The molecule has 2 N–H and O–H groups in total. The maximum absolute atomic E-state index is 9.68. The minimum absolute atomic E-state index is 0.0984. The van der Waals surface area contributed by atoms with Crippen molar-refractivity contribution in [2.45, 2.75) is 38.3 Å². The number of aliphatic hydroxyl groups excluding tert-OH is 1. The number of nitrogens with one attached hydrogen (secondary N) is 1. The highest BCUT2D eigenvalue weighted by Crippen LogP contribution is 2.24. The minimum atomic E-state index is -0.0984. The number of rotatable bonds is 7. The second-order valence-corrected chi connectivity index (χ2v) is 5.52. The van der Waals surface area contributed by atoms with Crippen molar-refractivity contribution in [1.29, 1.82) is 0 Å². The van der Waals surface area contributed by atoms with Crippen LogP contribution in [-0.2, 0) is 6.54 Å². The lowest BCUT2D eigenvalue weighted by Crippen LogP contribution is -2.29. The second kappa shape index (κ2) is 8.08. The summed E-state index contributed by atoms with van der Waals surface area (Å²) in [6, 6.07) is 8.09. The van der Waals surface area contributed by atoms with E-state index in [0.29, 0.717) is 12.5 Å². The molecule has 0 heterocycles. The lowest BCUT2D eigenvalue weighted by atomic mass is 9.87. The van der Waals surface area contributed by atoms with Crippen LogP contribution in [0, 0.1) is 5.92 Å². The summed E-state index contributed by atoms with van der Waals surface area (Å²) in [6.45, 7) is 5.98. The minimum Gasteiger partial charge on any atom is -0.489 e. The van der Waals surface area contributed by atoms with Gasteiger partial charge in [-0.05, 0) is 37.8 Å². The quantitative estimate of drug-likeness (QED) is 0.752. The van der Waals surface area contributed by atoms with Gasteiger partial charge in [0.05, 0.1) is 6.10 Å². The van der Waals surface area contributed by atoms with Crippen LogP contribution in [0.1, 0.15) is 31.2 Å². The fraction of sp³-hybridized carbons (Fsp3) is 0.529. The van der Waals surface area contributed by atoms with E-state index in [9.17, 15) is 5.11 Å². The number of hydrogen-bond donors (Lipinski definition) is 2. The molecule has 3 heteroatoms. The fourth-order valence-corrected chi connectivity index (χ4v) is 2.80. The molecule has 1 aromatic rings. The Bertz CT molecular complexity index is 419. The zero-order valence-electron chi connectivity index (χ0n) is 12.1. The summed E-state index contributed by atoms with van der Waals surface area (Å²) in [5.74, 6) is 1.52. The van der Waals surface area contributed by atoms with Gasteiger partial charge in [0.2, 0.25) is 0 Å². The molecule has 0 amide bonds. The third-order valence-corrected chi connectivity index (χ3v) is 3.83. The Morgan fingerprint density at radius 2 is 2.20 bits per heavy atom.